The van der Waals surface area contributed by atoms with Crippen molar-refractivity contribution in [2.75, 3.05) is 11.5 Å². The molecule has 14 heavy (non-hydrogen) atoms. The van der Waals surface area contributed by atoms with Crippen molar-refractivity contribution in [3.05, 3.63) is 0 Å². The Morgan fingerprint density at radius 2 is 1.21 bits per heavy atom. The molecule has 0 rings (SSSR count). The molecule has 0 saturated carbocycles. The van der Waals surface area contributed by atoms with Crippen molar-refractivity contribution in [1.82, 2.24) is 0 Å². The van der Waals surface area contributed by atoms with E-state index in [0.717, 1.165) is 0 Å². The maximum atomic E-state index is 9.76. The zero-order valence-electron chi connectivity index (χ0n) is 7.33. The third-order valence-electron chi connectivity index (χ3n) is 1.03. The summed E-state index contributed by atoms with van der Waals surface area (Å²) in [5.41, 5.74) is 9.88. The molecule has 0 radical (unpaired) electrons. The van der Waals surface area contributed by atoms with E-state index in [1.807, 2.05) is 0 Å². The molecule has 0 spiro atoms. The number of nitrogens with two attached hydrogens (primary N) is 2. The van der Waals surface area contributed by atoms with Crippen LogP contribution in [0.3, 0.4) is 0 Å². The Balaban J connectivity index is 0. The minimum Gasteiger partial charge on any atom is -0.480 e. The van der Waals surface area contributed by atoms with Gasteiger partial charge in [-0.1, -0.05) is 0 Å². The molecule has 0 bridgehead atoms. The van der Waals surface area contributed by atoms with Gasteiger partial charge in [-0.3, -0.25) is 9.59 Å². The summed E-state index contributed by atoms with van der Waals surface area (Å²) >= 11 is 7.30. The first kappa shape index (κ1) is 16.0. The van der Waals surface area contributed by atoms with Crippen molar-refractivity contribution in [3.8, 4) is 0 Å². The van der Waals surface area contributed by atoms with Gasteiger partial charge in [-0.25, -0.2) is 0 Å². The van der Waals surface area contributed by atoms with E-state index in [1.165, 1.54) is 0 Å². The van der Waals surface area contributed by atoms with Gasteiger partial charge in [-0.15, -0.1) is 0 Å². The Bertz CT molecular complexity index is 171. The second-order valence-electron chi connectivity index (χ2n) is 2.25. The third kappa shape index (κ3) is 9.65. The van der Waals surface area contributed by atoms with Gasteiger partial charge in [-0.05, 0) is 0 Å². The van der Waals surface area contributed by atoms with Gasteiger partial charge in [0.15, 0.2) is 0 Å². The molecule has 0 aliphatic rings. The van der Waals surface area contributed by atoms with Crippen molar-refractivity contribution >= 4 is 37.2 Å². The minimum absolute atomic E-state index is 0.190. The van der Waals surface area contributed by atoms with Crippen LogP contribution in [0.4, 0.5) is 0 Å². The fraction of sp³-hybridized carbons (Fsp3) is 0.667. The maximum absolute atomic E-state index is 9.76. The number of carboxylic acid groups (broad SMARTS) is 2. The molecule has 0 aliphatic carbocycles. The summed E-state index contributed by atoms with van der Waals surface area (Å²) in [5.74, 6) is -1.63. The van der Waals surface area contributed by atoms with Gasteiger partial charge in [0.2, 0.25) is 0 Å². The summed E-state index contributed by atoms with van der Waals surface area (Å²) in [5, 5.41) is 16.0. The number of rotatable bonds is 4. The van der Waals surface area contributed by atoms with E-state index in [2.05, 4.69) is 25.3 Å². The summed E-state index contributed by atoms with van der Waals surface area (Å²) in [7, 11) is 0. The second-order valence-corrected chi connectivity index (χ2v) is 2.98. The average Bonchev–Trinajstić information content (AvgIpc) is 2.15. The number of aliphatic carboxylic acids is 2. The Kier molecular flexibility index (Phi) is 10.4. The van der Waals surface area contributed by atoms with Crippen LogP contribution in [0, 0.1) is 0 Å². The smallest absolute Gasteiger partial charge is 0.321 e. The second kappa shape index (κ2) is 9.13. The number of hydrogen-bond acceptors (Lipinski definition) is 6. The monoisotopic (exact) mass is 242 g/mol. The van der Waals surface area contributed by atoms with E-state index in [-0.39, 0.29) is 11.5 Å². The van der Waals surface area contributed by atoms with Gasteiger partial charge in [0.05, 0.1) is 0 Å². The molecular weight excluding hydrogens is 228 g/mol. The molecule has 0 saturated heterocycles. The Hall–Kier alpha value is -0.440. The molecule has 0 aromatic rings. The third-order valence-corrected chi connectivity index (χ3v) is 1.81. The highest BCUT2D eigenvalue weighted by molar-refractivity contribution is 7.80. The number of carboxylic acids is 2. The van der Waals surface area contributed by atoms with Crippen LogP contribution >= 0.6 is 25.3 Å². The van der Waals surface area contributed by atoms with Crippen LogP contribution < -0.4 is 11.5 Å². The average molecular weight is 242 g/mol. The molecule has 84 valence electrons. The Morgan fingerprint density at radius 1 is 1.00 bits per heavy atom. The molecule has 8 heteroatoms. The maximum Gasteiger partial charge on any atom is 0.321 e. The highest BCUT2D eigenvalue weighted by Gasteiger charge is 2.06. The van der Waals surface area contributed by atoms with Crippen LogP contribution in [0.5, 0.6) is 0 Å². The topological polar surface area (TPSA) is 127 Å². The van der Waals surface area contributed by atoms with Gasteiger partial charge in [0, 0.05) is 11.5 Å². The molecule has 6 N–H and O–H groups in total. The predicted octanol–water partition coefficient (Wildman–Crippen LogP) is -1.34. The van der Waals surface area contributed by atoms with Crippen LogP contribution in [0.2, 0.25) is 0 Å². The minimum atomic E-state index is -1.00. The van der Waals surface area contributed by atoms with E-state index in [1.54, 1.807) is 0 Å². The van der Waals surface area contributed by atoms with Crippen molar-refractivity contribution in [2.45, 2.75) is 12.1 Å². The molecule has 0 aromatic heterocycles. The van der Waals surface area contributed by atoms with Crippen LogP contribution in [-0.2, 0) is 9.59 Å². The number of thiol groups is 2. The van der Waals surface area contributed by atoms with Gasteiger partial charge in [0.25, 0.3) is 0 Å². The summed E-state index contributed by atoms with van der Waals surface area (Å²) in [4.78, 5) is 19.5. The molecular formula is C6H14N2O4S2. The van der Waals surface area contributed by atoms with Crippen LogP contribution in [0.25, 0.3) is 0 Å². The standard InChI is InChI=1S/2C3H7NO2S/c2*4-2(1-7)3(5)6/h2*2,7H,1,4H2,(H,5,6)/t2*2-/m10/s1. The first-order valence-corrected chi connectivity index (χ1v) is 4.81. The number of carbonyl (C=O) groups is 2. The van der Waals surface area contributed by atoms with Crippen molar-refractivity contribution in [2.24, 2.45) is 11.5 Å². The van der Waals surface area contributed by atoms with Crippen molar-refractivity contribution in [3.63, 3.8) is 0 Å². The largest absolute Gasteiger partial charge is 0.480 e. The van der Waals surface area contributed by atoms with Gasteiger partial charge < -0.3 is 21.7 Å². The molecule has 2 atom stereocenters. The lowest BCUT2D eigenvalue weighted by Crippen LogP contribution is -2.31. The van der Waals surface area contributed by atoms with Crippen LogP contribution in [0.1, 0.15) is 0 Å². The summed E-state index contributed by atoms with van der Waals surface area (Å²) in [6.07, 6.45) is 0. The van der Waals surface area contributed by atoms with Crippen molar-refractivity contribution in [1.29, 1.82) is 0 Å². The lowest BCUT2D eigenvalue weighted by molar-refractivity contribution is -0.138. The molecule has 6 nitrogen and oxygen atoms in total. The van der Waals surface area contributed by atoms with Crippen LogP contribution in [0.15, 0.2) is 0 Å². The van der Waals surface area contributed by atoms with E-state index in [0.29, 0.717) is 0 Å². The molecule has 0 heterocycles. The first-order valence-electron chi connectivity index (χ1n) is 3.55. The van der Waals surface area contributed by atoms with E-state index in [9.17, 15) is 9.59 Å². The zero-order chi connectivity index (χ0) is 11.7. The summed E-state index contributed by atoms with van der Waals surface area (Å²) in [6.45, 7) is 0. The lowest BCUT2D eigenvalue weighted by Gasteiger charge is -1.96. The molecule has 0 amide bonds. The van der Waals surface area contributed by atoms with E-state index in [4.69, 9.17) is 21.7 Å². The molecule has 0 fully saturated rings. The predicted molar refractivity (Wildman–Crippen MR) is 58.9 cm³/mol. The van der Waals surface area contributed by atoms with Gasteiger partial charge in [0.1, 0.15) is 12.1 Å². The molecule has 0 aromatic carbocycles. The summed E-state index contributed by atoms with van der Waals surface area (Å²) < 4.78 is 0. The Morgan fingerprint density at radius 3 is 1.21 bits per heavy atom. The van der Waals surface area contributed by atoms with Gasteiger partial charge >= 0.3 is 11.9 Å². The number of hydrogen-bond donors (Lipinski definition) is 6. The zero-order valence-corrected chi connectivity index (χ0v) is 9.12. The highest BCUT2D eigenvalue weighted by atomic mass is 32.1. The fourth-order valence-corrected chi connectivity index (χ4v) is 0.469. The fourth-order valence-electron chi connectivity index (χ4n) is 0.156. The molecule has 0 unspecified atom stereocenters. The lowest BCUT2D eigenvalue weighted by atomic mass is 10.4. The first-order chi connectivity index (χ1) is 6.36. The van der Waals surface area contributed by atoms with Crippen LogP contribution in [-0.4, -0.2) is 45.7 Å². The van der Waals surface area contributed by atoms with Gasteiger partial charge in [-0.2, -0.15) is 25.3 Å². The van der Waals surface area contributed by atoms with E-state index < -0.39 is 24.0 Å². The van der Waals surface area contributed by atoms with E-state index >= 15 is 0 Å². The van der Waals surface area contributed by atoms with Crippen molar-refractivity contribution < 1.29 is 19.8 Å². The summed E-state index contributed by atoms with van der Waals surface area (Å²) in [6, 6.07) is -1.63. The normalized spacial score (nSPS) is 13.4. The SMILES string of the molecule is N[C@@H](CS)C(=O)O.N[C@H](CS)C(=O)O. The quantitative estimate of drug-likeness (QED) is 0.339. The Labute approximate surface area is 92.5 Å². The highest BCUT2D eigenvalue weighted by Crippen LogP contribution is 1.80. The molecule has 0 aliphatic heterocycles.